The zero-order valence-electron chi connectivity index (χ0n) is 13.8. The summed E-state index contributed by atoms with van der Waals surface area (Å²) in [6, 6.07) is 7.85. The molecule has 0 aromatic heterocycles. The Labute approximate surface area is 138 Å². The van der Waals surface area contributed by atoms with Crippen LogP contribution < -0.4 is 15.4 Å². The number of amides is 2. The number of morpholine rings is 1. The average Bonchev–Trinajstić information content (AvgIpc) is 2.57. The summed E-state index contributed by atoms with van der Waals surface area (Å²) in [5.74, 6) is 0.866. The van der Waals surface area contributed by atoms with Crippen molar-refractivity contribution in [3.05, 3.63) is 29.8 Å². The third-order valence-corrected chi connectivity index (χ3v) is 3.71. The predicted molar refractivity (Wildman–Crippen MR) is 90.0 cm³/mol. The van der Waals surface area contributed by atoms with Gasteiger partial charge < -0.3 is 20.1 Å². The Bertz CT molecular complexity index is 459. The maximum absolute atomic E-state index is 11.6. The second-order valence-corrected chi connectivity index (χ2v) is 5.65. The number of nitrogens with zero attached hydrogens (tertiary/aromatic N) is 1. The molecule has 1 aliphatic rings. The van der Waals surface area contributed by atoms with E-state index in [2.05, 4.69) is 15.5 Å². The number of benzene rings is 1. The highest BCUT2D eigenvalue weighted by molar-refractivity contribution is 5.73. The maximum Gasteiger partial charge on any atom is 0.314 e. The highest BCUT2D eigenvalue weighted by Crippen LogP contribution is 2.11. The van der Waals surface area contributed by atoms with Crippen molar-refractivity contribution in [2.24, 2.45) is 0 Å². The van der Waals surface area contributed by atoms with Crippen molar-refractivity contribution in [1.29, 1.82) is 0 Å². The first kappa shape index (κ1) is 17.6. The Morgan fingerprint density at radius 3 is 2.61 bits per heavy atom. The van der Waals surface area contributed by atoms with E-state index in [9.17, 15) is 4.79 Å². The van der Waals surface area contributed by atoms with Crippen LogP contribution in [0.3, 0.4) is 0 Å². The van der Waals surface area contributed by atoms with Crippen LogP contribution in [0.5, 0.6) is 5.75 Å². The fraction of sp³-hybridized carbons (Fsp3) is 0.588. The van der Waals surface area contributed by atoms with Gasteiger partial charge in [-0.05, 0) is 25.5 Å². The van der Waals surface area contributed by atoms with Crippen molar-refractivity contribution in [2.75, 3.05) is 52.5 Å². The Balaban J connectivity index is 1.45. The van der Waals surface area contributed by atoms with E-state index in [1.54, 1.807) is 0 Å². The first-order valence-electron chi connectivity index (χ1n) is 8.25. The summed E-state index contributed by atoms with van der Waals surface area (Å²) in [6.45, 7) is 8.23. The number of aryl methyl sites for hydroxylation is 1. The standard InChI is InChI=1S/C17H27N3O3/c1-15-3-5-16(6-4-15)23-12-2-7-18-17(21)19-8-9-20-10-13-22-14-11-20/h3-6H,2,7-14H2,1H3,(H2,18,19,21). The van der Waals surface area contributed by atoms with Gasteiger partial charge in [0.2, 0.25) is 0 Å². The Kier molecular flexibility index (Phi) is 7.69. The first-order chi connectivity index (χ1) is 11.2. The SMILES string of the molecule is Cc1ccc(OCCCNC(=O)NCCN2CCOCC2)cc1. The molecule has 1 aliphatic heterocycles. The predicted octanol–water partition coefficient (Wildman–Crippen LogP) is 1.40. The summed E-state index contributed by atoms with van der Waals surface area (Å²) in [7, 11) is 0. The number of hydrogen-bond donors (Lipinski definition) is 2. The van der Waals surface area contributed by atoms with E-state index in [1.807, 2.05) is 31.2 Å². The Hall–Kier alpha value is -1.79. The van der Waals surface area contributed by atoms with Crippen molar-refractivity contribution in [3.8, 4) is 5.75 Å². The van der Waals surface area contributed by atoms with Crippen LogP contribution in [0, 0.1) is 6.92 Å². The van der Waals surface area contributed by atoms with Gasteiger partial charge in [0.1, 0.15) is 5.75 Å². The highest BCUT2D eigenvalue weighted by atomic mass is 16.5. The molecule has 1 saturated heterocycles. The molecule has 0 aliphatic carbocycles. The monoisotopic (exact) mass is 321 g/mol. The van der Waals surface area contributed by atoms with E-state index in [0.717, 1.165) is 45.0 Å². The Morgan fingerprint density at radius 2 is 1.87 bits per heavy atom. The lowest BCUT2D eigenvalue weighted by Gasteiger charge is -2.26. The van der Waals surface area contributed by atoms with Crippen molar-refractivity contribution in [2.45, 2.75) is 13.3 Å². The quantitative estimate of drug-likeness (QED) is 0.711. The van der Waals surface area contributed by atoms with Crippen molar-refractivity contribution in [1.82, 2.24) is 15.5 Å². The molecule has 0 bridgehead atoms. The van der Waals surface area contributed by atoms with Crippen LogP contribution in [0.15, 0.2) is 24.3 Å². The van der Waals surface area contributed by atoms with Gasteiger partial charge in [-0.3, -0.25) is 4.90 Å². The molecule has 2 N–H and O–H groups in total. The lowest BCUT2D eigenvalue weighted by molar-refractivity contribution is 0.0387. The molecule has 2 amide bonds. The second kappa shape index (κ2) is 10.1. The maximum atomic E-state index is 11.6. The number of urea groups is 1. The van der Waals surface area contributed by atoms with Gasteiger partial charge in [0.05, 0.1) is 19.8 Å². The average molecular weight is 321 g/mol. The molecule has 1 fully saturated rings. The third kappa shape index (κ3) is 7.34. The molecule has 0 saturated carbocycles. The lowest BCUT2D eigenvalue weighted by atomic mass is 10.2. The fourth-order valence-electron chi connectivity index (χ4n) is 2.31. The zero-order valence-corrected chi connectivity index (χ0v) is 13.8. The van der Waals surface area contributed by atoms with Crippen LogP contribution in [0.25, 0.3) is 0 Å². The summed E-state index contributed by atoms with van der Waals surface area (Å²) in [5.41, 5.74) is 1.22. The van der Waals surface area contributed by atoms with Crippen LogP contribution in [0.4, 0.5) is 4.79 Å². The number of nitrogens with one attached hydrogen (secondary N) is 2. The fourth-order valence-corrected chi connectivity index (χ4v) is 2.31. The van der Waals surface area contributed by atoms with E-state index in [1.165, 1.54) is 5.56 Å². The van der Waals surface area contributed by atoms with Crippen LogP contribution in [-0.4, -0.2) is 63.5 Å². The molecule has 0 radical (unpaired) electrons. The second-order valence-electron chi connectivity index (χ2n) is 5.65. The lowest BCUT2D eigenvalue weighted by Crippen LogP contribution is -2.43. The van der Waals surface area contributed by atoms with E-state index >= 15 is 0 Å². The minimum Gasteiger partial charge on any atom is -0.494 e. The number of rotatable bonds is 8. The van der Waals surface area contributed by atoms with Gasteiger partial charge in [0.25, 0.3) is 0 Å². The number of carbonyl (C=O) groups is 1. The van der Waals surface area contributed by atoms with Crippen molar-refractivity contribution in [3.63, 3.8) is 0 Å². The van der Waals surface area contributed by atoms with Gasteiger partial charge in [-0.15, -0.1) is 0 Å². The molecular weight excluding hydrogens is 294 g/mol. The number of hydrogen-bond acceptors (Lipinski definition) is 4. The van der Waals surface area contributed by atoms with Gasteiger partial charge in [-0.25, -0.2) is 4.79 Å². The van der Waals surface area contributed by atoms with Crippen molar-refractivity contribution >= 4 is 6.03 Å². The summed E-state index contributed by atoms with van der Waals surface area (Å²) < 4.78 is 10.9. The van der Waals surface area contributed by atoms with Crippen LogP contribution in [0.2, 0.25) is 0 Å². The molecule has 0 spiro atoms. The minimum atomic E-state index is -0.117. The summed E-state index contributed by atoms with van der Waals surface area (Å²) >= 11 is 0. The van der Waals surface area contributed by atoms with Crippen LogP contribution in [0.1, 0.15) is 12.0 Å². The Morgan fingerprint density at radius 1 is 1.17 bits per heavy atom. The first-order valence-corrected chi connectivity index (χ1v) is 8.25. The molecule has 6 nitrogen and oxygen atoms in total. The highest BCUT2D eigenvalue weighted by Gasteiger charge is 2.09. The molecule has 0 unspecified atom stereocenters. The van der Waals surface area contributed by atoms with E-state index in [-0.39, 0.29) is 6.03 Å². The van der Waals surface area contributed by atoms with Gasteiger partial charge in [-0.1, -0.05) is 17.7 Å². The molecule has 1 aromatic rings. The van der Waals surface area contributed by atoms with Crippen molar-refractivity contribution < 1.29 is 14.3 Å². The normalized spacial score (nSPS) is 15.2. The van der Waals surface area contributed by atoms with Gasteiger partial charge in [0, 0.05) is 32.7 Å². The van der Waals surface area contributed by atoms with E-state index < -0.39 is 0 Å². The zero-order chi connectivity index (χ0) is 16.3. The molecule has 1 aromatic carbocycles. The third-order valence-electron chi connectivity index (χ3n) is 3.71. The van der Waals surface area contributed by atoms with Gasteiger partial charge in [0.15, 0.2) is 0 Å². The molecule has 2 rings (SSSR count). The topological polar surface area (TPSA) is 62.8 Å². The smallest absolute Gasteiger partial charge is 0.314 e. The summed E-state index contributed by atoms with van der Waals surface area (Å²) in [4.78, 5) is 13.9. The van der Waals surface area contributed by atoms with Crippen LogP contribution in [-0.2, 0) is 4.74 Å². The minimum absolute atomic E-state index is 0.117. The molecule has 23 heavy (non-hydrogen) atoms. The summed E-state index contributed by atoms with van der Waals surface area (Å²) in [6.07, 6.45) is 0.783. The number of ether oxygens (including phenoxy) is 2. The van der Waals surface area contributed by atoms with E-state index in [4.69, 9.17) is 9.47 Å². The molecule has 128 valence electrons. The van der Waals surface area contributed by atoms with Crippen LogP contribution >= 0.6 is 0 Å². The van der Waals surface area contributed by atoms with Gasteiger partial charge >= 0.3 is 6.03 Å². The largest absolute Gasteiger partial charge is 0.494 e. The molecule has 0 atom stereocenters. The molecule has 1 heterocycles. The molecule has 6 heteroatoms. The number of carbonyl (C=O) groups excluding carboxylic acids is 1. The molecular formula is C17H27N3O3. The van der Waals surface area contributed by atoms with E-state index in [0.29, 0.717) is 19.7 Å². The van der Waals surface area contributed by atoms with Gasteiger partial charge in [-0.2, -0.15) is 0 Å². The summed E-state index contributed by atoms with van der Waals surface area (Å²) in [5, 5.41) is 5.71.